The Hall–Kier alpha value is -6.33. The summed E-state index contributed by atoms with van der Waals surface area (Å²) in [5, 5.41) is 11.1. The fraction of sp³-hybridized carbons (Fsp3) is 0.489. The predicted octanol–water partition coefficient (Wildman–Crippen LogP) is 7.41. The molecule has 0 spiro atoms. The van der Waals surface area contributed by atoms with Crippen molar-refractivity contribution in [3.05, 3.63) is 89.5 Å². The maximum Gasteiger partial charge on any atom is 0.416 e. The number of alkyl carbamates (subject to hydrolysis) is 2. The largest absolute Gasteiger partial charge is 0.453 e. The molecule has 18 heteroatoms. The molecule has 3 aromatic carbocycles. The van der Waals surface area contributed by atoms with Crippen molar-refractivity contribution in [3.63, 3.8) is 0 Å². The zero-order valence-corrected chi connectivity index (χ0v) is 37.4. The van der Waals surface area contributed by atoms with Crippen LogP contribution in [0.4, 0.5) is 39.8 Å². The molecule has 0 bridgehead atoms. The summed E-state index contributed by atoms with van der Waals surface area (Å²) in [7, 11) is 2.42. The van der Waals surface area contributed by atoms with Crippen LogP contribution in [0.1, 0.15) is 95.0 Å². The third kappa shape index (κ3) is 11.1. The standard InChI is InChI=1S/C47H58F3N7O8/c1-27(2)39(53-45(62)64-5)43(60)55-23-9-15-37(55)41(58)51-32-13-7-11-29(25-32)35-21-22-36(57(35)34-19-17-31(18-20-34)47(48,49)50)30-12-8-14-33(26-30)52-42(59)38-16-10-24-56(38)44(61)40(28(3)4)54-46(63)65-6/h7-8,11-14,17-20,25-28,35-40H,9-10,15-16,21-24H2,1-6H3,(H,51,58)(H,52,59)(H,53,62)(H,54,63)/t35-,36-,37+,38+,39+,40?/m1/s1. The second kappa shape index (κ2) is 20.7. The molecule has 6 amide bonds. The Kier molecular flexibility index (Phi) is 15.3. The van der Waals surface area contributed by atoms with Crippen molar-refractivity contribution in [1.82, 2.24) is 20.4 Å². The van der Waals surface area contributed by atoms with E-state index in [4.69, 9.17) is 9.47 Å². The normalized spacial score (nSPS) is 20.6. The molecule has 3 aromatic rings. The molecule has 3 aliphatic heterocycles. The highest BCUT2D eigenvalue weighted by molar-refractivity contribution is 6.00. The third-order valence-electron chi connectivity index (χ3n) is 12.4. The number of amides is 6. The summed E-state index contributed by atoms with van der Waals surface area (Å²) in [6, 6.07) is 15.4. The molecule has 6 rings (SSSR count). The van der Waals surface area contributed by atoms with Gasteiger partial charge in [-0.15, -0.1) is 0 Å². The van der Waals surface area contributed by atoms with Crippen LogP contribution in [-0.2, 0) is 34.8 Å². The number of hydrogen-bond acceptors (Lipinski definition) is 9. The first kappa shape index (κ1) is 48.1. The molecule has 0 aliphatic carbocycles. The van der Waals surface area contributed by atoms with Crippen LogP contribution < -0.4 is 26.2 Å². The van der Waals surface area contributed by atoms with Crippen molar-refractivity contribution in [2.75, 3.05) is 42.8 Å². The zero-order chi connectivity index (χ0) is 47.2. The van der Waals surface area contributed by atoms with E-state index in [-0.39, 0.29) is 47.5 Å². The number of carbonyl (C=O) groups excluding carboxylic acids is 6. The van der Waals surface area contributed by atoms with E-state index in [1.165, 1.54) is 36.2 Å². The third-order valence-corrected chi connectivity index (χ3v) is 12.4. The minimum atomic E-state index is -4.54. The van der Waals surface area contributed by atoms with E-state index in [1.54, 1.807) is 52.0 Å². The maximum atomic E-state index is 13.8. The zero-order valence-electron chi connectivity index (χ0n) is 37.4. The van der Waals surface area contributed by atoms with E-state index < -0.39 is 48.1 Å². The van der Waals surface area contributed by atoms with Gasteiger partial charge in [0.05, 0.1) is 31.9 Å². The number of rotatable bonds is 13. The molecule has 65 heavy (non-hydrogen) atoms. The molecular formula is C47H58F3N7O8. The van der Waals surface area contributed by atoms with Crippen LogP contribution in [0.2, 0.25) is 0 Å². The second-order valence-corrected chi connectivity index (χ2v) is 17.4. The van der Waals surface area contributed by atoms with Gasteiger partial charge in [0.1, 0.15) is 24.2 Å². The number of nitrogens with zero attached hydrogens (tertiary/aromatic N) is 3. The van der Waals surface area contributed by atoms with Gasteiger partial charge in [-0.1, -0.05) is 52.0 Å². The second-order valence-electron chi connectivity index (χ2n) is 17.4. The van der Waals surface area contributed by atoms with Gasteiger partial charge < -0.3 is 45.4 Å². The minimum absolute atomic E-state index is 0.270. The molecule has 3 fully saturated rings. The van der Waals surface area contributed by atoms with E-state index in [1.807, 2.05) is 24.3 Å². The van der Waals surface area contributed by atoms with Gasteiger partial charge >= 0.3 is 18.4 Å². The Balaban J connectivity index is 1.23. The van der Waals surface area contributed by atoms with Gasteiger partial charge in [0, 0.05) is 30.2 Å². The Morgan fingerprint density at radius 2 is 1.03 bits per heavy atom. The lowest BCUT2D eigenvalue weighted by Crippen LogP contribution is -2.54. The van der Waals surface area contributed by atoms with E-state index in [0.29, 0.717) is 68.7 Å². The SMILES string of the molecule is COC(=O)NC(C(=O)N1CCC[C@H]1C(=O)Nc1cccc([C@H]2CC[C@H](c3cccc(NC(=O)[C@@H]4CCCN4C(=O)[C@@H](NC(=O)OC)C(C)C)c3)N2c2ccc(C(F)(F)F)cc2)c1)C(C)C. The first-order chi connectivity index (χ1) is 30.9. The van der Waals surface area contributed by atoms with Crippen LogP contribution in [0.15, 0.2) is 72.8 Å². The number of ether oxygens (including phenoxy) is 2. The molecule has 350 valence electrons. The fourth-order valence-corrected chi connectivity index (χ4v) is 9.11. The summed E-state index contributed by atoms with van der Waals surface area (Å²) in [6.07, 6.45) is -2.82. The quantitative estimate of drug-likeness (QED) is 0.136. The maximum absolute atomic E-state index is 13.8. The number of carbonyl (C=O) groups is 6. The number of hydrogen-bond donors (Lipinski definition) is 4. The molecular weight excluding hydrogens is 848 g/mol. The fourth-order valence-electron chi connectivity index (χ4n) is 9.11. The molecule has 6 atom stereocenters. The number of methoxy groups -OCH3 is 2. The van der Waals surface area contributed by atoms with Crippen LogP contribution in [-0.4, -0.2) is 97.1 Å². The predicted molar refractivity (Wildman–Crippen MR) is 237 cm³/mol. The van der Waals surface area contributed by atoms with Gasteiger partial charge in [-0.05, 0) is 110 Å². The van der Waals surface area contributed by atoms with Gasteiger partial charge in [-0.2, -0.15) is 13.2 Å². The van der Waals surface area contributed by atoms with E-state index in [2.05, 4.69) is 26.2 Å². The van der Waals surface area contributed by atoms with Crippen LogP contribution in [0.3, 0.4) is 0 Å². The van der Waals surface area contributed by atoms with Gasteiger partial charge in [0.2, 0.25) is 23.6 Å². The summed E-state index contributed by atoms with van der Waals surface area (Å²) in [4.78, 5) is 84.0. The van der Waals surface area contributed by atoms with Crippen molar-refractivity contribution in [3.8, 4) is 0 Å². The Morgan fingerprint density at radius 3 is 1.40 bits per heavy atom. The number of nitrogens with one attached hydrogen (secondary N) is 4. The number of halogens is 3. The van der Waals surface area contributed by atoms with E-state index in [0.717, 1.165) is 23.3 Å². The van der Waals surface area contributed by atoms with Crippen LogP contribution >= 0.6 is 0 Å². The number of alkyl halides is 3. The lowest BCUT2D eigenvalue weighted by Gasteiger charge is -2.34. The van der Waals surface area contributed by atoms with Crippen molar-refractivity contribution in [1.29, 1.82) is 0 Å². The summed E-state index contributed by atoms with van der Waals surface area (Å²) in [5.74, 6) is -2.09. The summed E-state index contributed by atoms with van der Waals surface area (Å²) in [6.45, 7) is 7.84. The first-order valence-electron chi connectivity index (χ1n) is 22.0. The van der Waals surface area contributed by atoms with Gasteiger partial charge in [0.15, 0.2) is 0 Å². The molecule has 3 heterocycles. The number of benzene rings is 3. The molecule has 1 unspecified atom stereocenters. The number of likely N-dealkylation sites (tertiary alicyclic amines) is 2. The van der Waals surface area contributed by atoms with Crippen molar-refractivity contribution < 1.29 is 51.4 Å². The molecule has 4 N–H and O–H groups in total. The van der Waals surface area contributed by atoms with Gasteiger partial charge in [-0.25, -0.2) is 9.59 Å². The van der Waals surface area contributed by atoms with Crippen LogP contribution in [0, 0.1) is 11.8 Å². The van der Waals surface area contributed by atoms with Crippen molar-refractivity contribution >= 4 is 52.9 Å². The Labute approximate surface area is 376 Å². The van der Waals surface area contributed by atoms with E-state index in [9.17, 15) is 41.9 Å². The molecule has 15 nitrogen and oxygen atoms in total. The highest BCUT2D eigenvalue weighted by Crippen LogP contribution is 2.48. The molecule has 3 saturated heterocycles. The minimum Gasteiger partial charge on any atom is -0.453 e. The molecule has 3 aliphatic rings. The highest BCUT2D eigenvalue weighted by Gasteiger charge is 2.42. The van der Waals surface area contributed by atoms with Crippen LogP contribution in [0.5, 0.6) is 0 Å². The van der Waals surface area contributed by atoms with Crippen LogP contribution in [0.25, 0.3) is 0 Å². The first-order valence-corrected chi connectivity index (χ1v) is 22.0. The van der Waals surface area contributed by atoms with Gasteiger partial charge in [0.25, 0.3) is 0 Å². The molecule has 0 radical (unpaired) electrons. The van der Waals surface area contributed by atoms with Crippen molar-refractivity contribution in [2.45, 2.75) is 109 Å². The molecule has 0 aromatic heterocycles. The lowest BCUT2D eigenvalue weighted by molar-refractivity contribution is -0.139. The molecule has 0 saturated carbocycles. The summed E-state index contributed by atoms with van der Waals surface area (Å²) >= 11 is 0. The average molecular weight is 906 g/mol. The van der Waals surface area contributed by atoms with Gasteiger partial charge in [-0.3, -0.25) is 19.2 Å². The lowest BCUT2D eigenvalue weighted by atomic mass is 10.0. The summed E-state index contributed by atoms with van der Waals surface area (Å²) in [5.41, 5.74) is 2.28. The van der Waals surface area contributed by atoms with E-state index >= 15 is 0 Å². The summed E-state index contributed by atoms with van der Waals surface area (Å²) < 4.78 is 50.7. The number of anilines is 3. The topological polar surface area (TPSA) is 179 Å². The average Bonchev–Trinajstić information content (AvgIpc) is 4.08. The Bertz CT molecular complexity index is 2100. The van der Waals surface area contributed by atoms with Crippen molar-refractivity contribution in [2.24, 2.45) is 11.8 Å². The Morgan fingerprint density at radius 1 is 0.615 bits per heavy atom. The highest BCUT2D eigenvalue weighted by atomic mass is 19.4. The monoisotopic (exact) mass is 905 g/mol. The smallest absolute Gasteiger partial charge is 0.416 e.